The van der Waals surface area contributed by atoms with Crippen molar-refractivity contribution in [3.63, 3.8) is 0 Å². The van der Waals surface area contributed by atoms with Crippen molar-refractivity contribution in [3.05, 3.63) is 24.0 Å². The molecule has 0 amide bonds. The Bertz CT molecular complexity index is 562. The molecule has 0 aliphatic carbocycles. The molecule has 0 saturated heterocycles. The van der Waals surface area contributed by atoms with E-state index in [1.54, 1.807) is 17.8 Å². The van der Waals surface area contributed by atoms with Gasteiger partial charge < -0.3 is 15.0 Å². The van der Waals surface area contributed by atoms with E-state index in [4.69, 9.17) is 10.5 Å². The standard InChI is InChI=1S/C11H12F3N3O/c1-17-5-7(4-15)9-8(2-3-16-10(9)17)18-6-11(12,13)14/h2-3,5H,4,6,15H2,1H3. The first-order chi connectivity index (χ1) is 8.42. The number of hydrogen-bond acceptors (Lipinski definition) is 3. The Balaban J connectivity index is 2.44. The minimum Gasteiger partial charge on any atom is -0.483 e. The van der Waals surface area contributed by atoms with Crippen molar-refractivity contribution in [2.75, 3.05) is 6.61 Å². The van der Waals surface area contributed by atoms with Crippen molar-refractivity contribution < 1.29 is 17.9 Å². The monoisotopic (exact) mass is 259 g/mol. The summed E-state index contributed by atoms with van der Waals surface area (Å²) in [6, 6.07) is 1.41. The minimum atomic E-state index is -4.37. The third kappa shape index (κ3) is 2.40. The van der Waals surface area contributed by atoms with Crippen molar-refractivity contribution in [2.45, 2.75) is 12.7 Å². The third-order valence-corrected chi connectivity index (χ3v) is 2.51. The van der Waals surface area contributed by atoms with E-state index in [-0.39, 0.29) is 12.3 Å². The molecular weight excluding hydrogens is 247 g/mol. The predicted molar refractivity (Wildman–Crippen MR) is 60.2 cm³/mol. The molecule has 0 radical (unpaired) electrons. The number of rotatable bonds is 3. The summed E-state index contributed by atoms with van der Waals surface area (Å²) in [6.07, 6.45) is -1.22. The maximum atomic E-state index is 12.2. The number of nitrogens with zero attached hydrogens (tertiary/aromatic N) is 2. The topological polar surface area (TPSA) is 53.1 Å². The zero-order valence-electron chi connectivity index (χ0n) is 9.66. The van der Waals surface area contributed by atoms with E-state index < -0.39 is 12.8 Å². The third-order valence-electron chi connectivity index (χ3n) is 2.51. The van der Waals surface area contributed by atoms with Crippen LogP contribution in [0.25, 0.3) is 11.0 Å². The van der Waals surface area contributed by atoms with Gasteiger partial charge in [-0.2, -0.15) is 13.2 Å². The van der Waals surface area contributed by atoms with Crippen LogP contribution in [0.15, 0.2) is 18.5 Å². The molecule has 0 spiro atoms. The zero-order chi connectivity index (χ0) is 13.3. The molecule has 0 aliphatic rings. The average molecular weight is 259 g/mol. The van der Waals surface area contributed by atoms with Crippen molar-refractivity contribution in [2.24, 2.45) is 12.8 Å². The SMILES string of the molecule is Cn1cc(CN)c2c(OCC(F)(F)F)ccnc21. The molecule has 2 N–H and O–H groups in total. The highest BCUT2D eigenvalue weighted by Crippen LogP contribution is 2.29. The molecule has 0 aliphatic heterocycles. The Kier molecular flexibility index (Phi) is 3.16. The normalized spacial score (nSPS) is 12.1. The number of aryl methyl sites for hydroxylation is 1. The van der Waals surface area contributed by atoms with Crippen LogP contribution in [0.4, 0.5) is 13.2 Å². The lowest BCUT2D eigenvalue weighted by atomic mass is 10.2. The highest BCUT2D eigenvalue weighted by Gasteiger charge is 2.29. The van der Waals surface area contributed by atoms with Crippen LogP contribution in [0, 0.1) is 0 Å². The van der Waals surface area contributed by atoms with E-state index in [1.165, 1.54) is 12.3 Å². The Morgan fingerprint density at radius 2 is 2.17 bits per heavy atom. The fraction of sp³-hybridized carbons (Fsp3) is 0.364. The van der Waals surface area contributed by atoms with Gasteiger partial charge in [0.05, 0.1) is 5.39 Å². The van der Waals surface area contributed by atoms with Gasteiger partial charge in [0.1, 0.15) is 11.4 Å². The lowest BCUT2D eigenvalue weighted by Crippen LogP contribution is -2.19. The van der Waals surface area contributed by atoms with Crippen LogP contribution >= 0.6 is 0 Å². The average Bonchev–Trinajstić information content (AvgIpc) is 2.63. The summed E-state index contributed by atoms with van der Waals surface area (Å²) in [5.74, 6) is 0.151. The van der Waals surface area contributed by atoms with Gasteiger partial charge in [-0.1, -0.05) is 0 Å². The maximum Gasteiger partial charge on any atom is 0.422 e. The number of aromatic nitrogens is 2. The first-order valence-electron chi connectivity index (χ1n) is 5.25. The van der Waals surface area contributed by atoms with Crippen LogP contribution in [-0.2, 0) is 13.6 Å². The molecule has 18 heavy (non-hydrogen) atoms. The minimum absolute atomic E-state index is 0.151. The summed E-state index contributed by atoms with van der Waals surface area (Å²) in [5.41, 5.74) is 6.82. The van der Waals surface area contributed by atoms with Gasteiger partial charge in [-0.25, -0.2) is 4.98 Å². The second-order valence-corrected chi connectivity index (χ2v) is 3.88. The molecule has 0 unspecified atom stereocenters. The zero-order valence-corrected chi connectivity index (χ0v) is 9.66. The van der Waals surface area contributed by atoms with Gasteiger partial charge in [-0.15, -0.1) is 0 Å². The highest BCUT2D eigenvalue weighted by atomic mass is 19.4. The number of halogens is 3. The van der Waals surface area contributed by atoms with Crippen LogP contribution in [0.5, 0.6) is 5.75 Å². The van der Waals surface area contributed by atoms with E-state index in [0.717, 1.165) is 0 Å². The number of alkyl halides is 3. The molecule has 0 aromatic carbocycles. The number of ether oxygens (including phenoxy) is 1. The molecule has 2 aromatic rings. The second-order valence-electron chi connectivity index (χ2n) is 3.88. The number of nitrogens with two attached hydrogens (primary N) is 1. The Hall–Kier alpha value is -1.76. The fourth-order valence-corrected chi connectivity index (χ4v) is 1.80. The second kappa shape index (κ2) is 4.49. The molecule has 2 heterocycles. The molecule has 98 valence electrons. The van der Waals surface area contributed by atoms with E-state index in [9.17, 15) is 13.2 Å². The molecule has 0 fully saturated rings. The molecular formula is C11H12F3N3O. The van der Waals surface area contributed by atoms with Crippen LogP contribution < -0.4 is 10.5 Å². The molecule has 0 atom stereocenters. The van der Waals surface area contributed by atoms with Crippen LogP contribution in [-0.4, -0.2) is 22.3 Å². The van der Waals surface area contributed by atoms with E-state index >= 15 is 0 Å². The summed E-state index contributed by atoms with van der Waals surface area (Å²) in [5, 5.41) is 0.534. The van der Waals surface area contributed by atoms with Crippen molar-refractivity contribution in [1.82, 2.24) is 9.55 Å². The number of pyridine rings is 1. The molecule has 7 heteroatoms. The van der Waals surface area contributed by atoms with Crippen LogP contribution in [0.1, 0.15) is 5.56 Å². The highest BCUT2D eigenvalue weighted by molar-refractivity contribution is 5.86. The maximum absolute atomic E-state index is 12.2. The van der Waals surface area contributed by atoms with Gasteiger partial charge in [0.25, 0.3) is 0 Å². The molecule has 0 bridgehead atoms. The van der Waals surface area contributed by atoms with Crippen molar-refractivity contribution in [1.29, 1.82) is 0 Å². The van der Waals surface area contributed by atoms with Gasteiger partial charge in [0.2, 0.25) is 0 Å². The Morgan fingerprint density at radius 1 is 1.44 bits per heavy atom. The summed E-state index contributed by atoms with van der Waals surface area (Å²) in [4.78, 5) is 4.10. The van der Waals surface area contributed by atoms with Crippen LogP contribution in [0.2, 0.25) is 0 Å². The van der Waals surface area contributed by atoms with Gasteiger partial charge in [0.15, 0.2) is 6.61 Å². The summed E-state index contributed by atoms with van der Waals surface area (Å²) in [6.45, 7) is -1.11. The van der Waals surface area contributed by atoms with Crippen LogP contribution in [0.3, 0.4) is 0 Å². The number of hydrogen-bond donors (Lipinski definition) is 1. The number of fused-ring (bicyclic) bond motifs is 1. The fourth-order valence-electron chi connectivity index (χ4n) is 1.80. The molecule has 4 nitrogen and oxygen atoms in total. The Morgan fingerprint density at radius 3 is 2.78 bits per heavy atom. The molecule has 0 saturated carbocycles. The lowest BCUT2D eigenvalue weighted by molar-refractivity contribution is -0.153. The van der Waals surface area contributed by atoms with Crippen molar-refractivity contribution in [3.8, 4) is 5.75 Å². The smallest absolute Gasteiger partial charge is 0.422 e. The largest absolute Gasteiger partial charge is 0.483 e. The summed E-state index contributed by atoms with van der Waals surface area (Å²) < 4.78 is 43.0. The van der Waals surface area contributed by atoms with E-state index in [1.807, 2.05) is 0 Å². The predicted octanol–water partition coefficient (Wildman–Crippen LogP) is 1.97. The van der Waals surface area contributed by atoms with Gasteiger partial charge in [0, 0.05) is 26.0 Å². The van der Waals surface area contributed by atoms with Gasteiger partial charge in [-0.3, -0.25) is 0 Å². The molecule has 2 aromatic heterocycles. The lowest BCUT2D eigenvalue weighted by Gasteiger charge is -2.10. The van der Waals surface area contributed by atoms with Gasteiger partial charge in [-0.05, 0) is 11.6 Å². The van der Waals surface area contributed by atoms with E-state index in [2.05, 4.69) is 4.98 Å². The summed E-state index contributed by atoms with van der Waals surface area (Å²) >= 11 is 0. The summed E-state index contributed by atoms with van der Waals surface area (Å²) in [7, 11) is 1.75. The van der Waals surface area contributed by atoms with Gasteiger partial charge >= 0.3 is 6.18 Å². The first-order valence-corrected chi connectivity index (χ1v) is 5.25. The van der Waals surface area contributed by atoms with E-state index in [0.29, 0.717) is 16.6 Å². The quantitative estimate of drug-likeness (QED) is 0.916. The molecule has 2 rings (SSSR count). The van der Waals surface area contributed by atoms with Crippen molar-refractivity contribution >= 4 is 11.0 Å². The first kappa shape index (κ1) is 12.7. The Labute approximate surface area is 101 Å².